The minimum absolute atomic E-state index is 0.134. The first kappa shape index (κ1) is 14.0. The van der Waals surface area contributed by atoms with Crippen molar-refractivity contribution in [2.45, 2.75) is 33.9 Å². The van der Waals surface area contributed by atoms with Gasteiger partial charge in [-0.3, -0.25) is 14.3 Å². The van der Waals surface area contributed by atoms with Gasteiger partial charge in [0.1, 0.15) is 0 Å². The molecule has 2 aromatic rings. The van der Waals surface area contributed by atoms with Crippen LogP contribution in [-0.2, 0) is 13.1 Å². The number of hydrogen-bond acceptors (Lipinski definition) is 4. The lowest BCUT2D eigenvalue weighted by Gasteiger charge is -2.12. The van der Waals surface area contributed by atoms with Crippen LogP contribution in [0.2, 0.25) is 0 Å². The molecule has 0 unspecified atom stereocenters. The molecule has 0 aliphatic carbocycles. The molecule has 0 radical (unpaired) electrons. The van der Waals surface area contributed by atoms with Crippen molar-refractivity contribution in [2.75, 3.05) is 5.73 Å². The van der Waals surface area contributed by atoms with Gasteiger partial charge in [-0.15, -0.1) is 0 Å². The third kappa shape index (κ3) is 2.36. The van der Waals surface area contributed by atoms with Crippen molar-refractivity contribution < 1.29 is 0 Å². The summed E-state index contributed by atoms with van der Waals surface area (Å²) < 4.78 is 2.65. The van der Waals surface area contributed by atoms with Gasteiger partial charge in [-0.05, 0) is 31.9 Å². The van der Waals surface area contributed by atoms with Gasteiger partial charge in [-0.1, -0.05) is 0 Å². The highest BCUT2D eigenvalue weighted by Crippen LogP contribution is 2.17. The maximum absolute atomic E-state index is 12.2. The molecule has 2 N–H and O–H groups in total. The molecular formula is C14H18N4O2. The van der Waals surface area contributed by atoms with Crippen LogP contribution in [0.4, 0.5) is 5.69 Å². The smallest absolute Gasteiger partial charge is 0.331 e. The standard InChI is InChI=1S/C14H18N4O2/c1-4-17-6-5-12(19)18(14(17)20)8-11-10(3)13(15)9(2)7-16-11/h5-7H,4,8H2,1-3H3,(H2,15,16). The van der Waals surface area contributed by atoms with Crippen LogP contribution in [0.15, 0.2) is 28.0 Å². The van der Waals surface area contributed by atoms with E-state index >= 15 is 0 Å². The van der Waals surface area contributed by atoms with Crippen LogP contribution in [-0.4, -0.2) is 14.1 Å². The van der Waals surface area contributed by atoms with E-state index in [1.54, 1.807) is 6.20 Å². The lowest BCUT2D eigenvalue weighted by atomic mass is 10.1. The molecule has 2 aromatic heterocycles. The van der Waals surface area contributed by atoms with Crippen LogP contribution in [0.1, 0.15) is 23.7 Å². The van der Waals surface area contributed by atoms with Crippen molar-refractivity contribution in [3.05, 3.63) is 56.1 Å². The summed E-state index contributed by atoms with van der Waals surface area (Å²) in [5.74, 6) is 0. The first-order valence-electron chi connectivity index (χ1n) is 6.46. The summed E-state index contributed by atoms with van der Waals surface area (Å²) in [6.07, 6.45) is 3.16. The average molecular weight is 274 g/mol. The largest absolute Gasteiger partial charge is 0.398 e. The summed E-state index contributed by atoms with van der Waals surface area (Å²) >= 11 is 0. The van der Waals surface area contributed by atoms with Gasteiger partial charge in [-0.2, -0.15) is 0 Å². The van der Waals surface area contributed by atoms with Gasteiger partial charge >= 0.3 is 5.69 Å². The summed E-state index contributed by atoms with van der Waals surface area (Å²) in [6.45, 7) is 6.22. The number of nitrogen functional groups attached to an aromatic ring is 1. The van der Waals surface area contributed by atoms with Gasteiger partial charge in [0.15, 0.2) is 0 Å². The van der Waals surface area contributed by atoms with Crippen LogP contribution in [0, 0.1) is 13.8 Å². The molecule has 6 nitrogen and oxygen atoms in total. The molecular weight excluding hydrogens is 256 g/mol. The minimum Gasteiger partial charge on any atom is -0.398 e. The monoisotopic (exact) mass is 274 g/mol. The van der Waals surface area contributed by atoms with Crippen LogP contribution in [0.25, 0.3) is 0 Å². The van der Waals surface area contributed by atoms with E-state index in [2.05, 4.69) is 4.98 Å². The summed E-state index contributed by atoms with van der Waals surface area (Å²) in [5, 5.41) is 0. The summed E-state index contributed by atoms with van der Waals surface area (Å²) in [4.78, 5) is 28.3. The Morgan fingerprint density at radius 2 is 2.00 bits per heavy atom. The average Bonchev–Trinajstić information content (AvgIpc) is 2.43. The van der Waals surface area contributed by atoms with Crippen molar-refractivity contribution in [3.63, 3.8) is 0 Å². The Labute approximate surface area is 116 Å². The highest BCUT2D eigenvalue weighted by atomic mass is 16.2. The van der Waals surface area contributed by atoms with E-state index in [1.807, 2.05) is 20.8 Å². The molecule has 0 saturated carbocycles. The highest BCUT2D eigenvalue weighted by molar-refractivity contribution is 5.53. The maximum atomic E-state index is 12.2. The van der Waals surface area contributed by atoms with Gasteiger partial charge < -0.3 is 10.3 Å². The molecule has 6 heteroatoms. The molecule has 0 fully saturated rings. The zero-order chi connectivity index (χ0) is 14.9. The number of hydrogen-bond donors (Lipinski definition) is 1. The first-order valence-corrected chi connectivity index (χ1v) is 6.46. The quantitative estimate of drug-likeness (QED) is 0.891. The fourth-order valence-corrected chi connectivity index (χ4v) is 2.04. The molecule has 106 valence electrons. The fraction of sp³-hybridized carbons (Fsp3) is 0.357. The van der Waals surface area contributed by atoms with E-state index in [0.717, 1.165) is 11.1 Å². The van der Waals surface area contributed by atoms with Crippen molar-refractivity contribution in [1.82, 2.24) is 14.1 Å². The predicted molar refractivity (Wildman–Crippen MR) is 77.9 cm³/mol. The lowest BCUT2D eigenvalue weighted by Crippen LogP contribution is -2.39. The Balaban J connectivity index is 2.54. The second kappa shape index (κ2) is 5.32. The maximum Gasteiger partial charge on any atom is 0.331 e. The van der Waals surface area contributed by atoms with Crippen LogP contribution < -0.4 is 17.0 Å². The molecule has 0 amide bonds. The van der Waals surface area contributed by atoms with Gasteiger partial charge in [0.2, 0.25) is 0 Å². The zero-order valence-corrected chi connectivity index (χ0v) is 11.9. The Bertz CT molecular complexity index is 759. The van der Waals surface area contributed by atoms with Gasteiger partial charge in [-0.25, -0.2) is 4.79 Å². The molecule has 0 aliphatic rings. The van der Waals surface area contributed by atoms with E-state index in [4.69, 9.17) is 5.73 Å². The molecule has 0 saturated heterocycles. The highest BCUT2D eigenvalue weighted by Gasteiger charge is 2.10. The number of nitrogens with zero attached hydrogens (tertiary/aromatic N) is 3. The summed E-state index contributed by atoms with van der Waals surface area (Å²) in [6, 6.07) is 1.39. The number of aryl methyl sites for hydroxylation is 2. The van der Waals surface area contributed by atoms with Crippen molar-refractivity contribution in [2.24, 2.45) is 0 Å². The van der Waals surface area contributed by atoms with E-state index in [9.17, 15) is 9.59 Å². The minimum atomic E-state index is -0.333. The normalized spacial score (nSPS) is 10.8. The van der Waals surface area contributed by atoms with Gasteiger partial charge in [0.05, 0.1) is 12.2 Å². The topological polar surface area (TPSA) is 82.9 Å². The van der Waals surface area contributed by atoms with E-state index in [-0.39, 0.29) is 17.8 Å². The fourth-order valence-electron chi connectivity index (χ4n) is 2.04. The van der Waals surface area contributed by atoms with Crippen molar-refractivity contribution in [1.29, 1.82) is 0 Å². The Hall–Kier alpha value is -2.37. The number of nitrogens with two attached hydrogens (primary N) is 1. The predicted octanol–water partition coefficient (Wildman–Crippen LogP) is 0.672. The summed E-state index contributed by atoms with van der Waals surface area (Å²) in [5.41, 5.74) is 8.27. The van der Waals surface area contributed by atoms with Gasteiger partial charge in [0, 0.05) is 30.7 Å². The Kier molecular flexibility index (Phi) is 3.74. The van der Waals surface area contributed by atoms with Crippen LogP contribution in [0.3, 0.4) is 0 Å². The van der Waals surface area contributed by atoms with E-state index < -0.39 is 0 Å². The summed E-state index contributed by atoms with van der Waals surface area (Å²) in [7, 11) is 0. The Morgan fingerprint density at radius 3 is 2.65 bits per heavy atom. The molecule has 0 spiro atoms. The molecule has 2 rings (SSSR count). The molecule has 0 aromatic carbocycles. The third-order valence-corrected chi connectivity index (χ3v) is 3.46. The van der Waals surface area contributed by atoms with Gasteiger partial charge in [0.25, 0.3) is 5.56 Å². The van der Waals surface area contributed by atoms with Crippen molar-refractivity contribution >= 4 is 5.69 Å². The van der Waals surface area contributed by atoms with E-state index in [0.29, 0.717) is 17.9 Å². The number of rotatable bonds is 3. The lowest BCUT2D eigenvalue weighted by molar-refractivity contribution is 0.593. The molecule has 0 atom stereocenters. The second-order valence-electron chi connectivity index (χ2n) is 4.74. The second-order valence-corrected chi connectivity index (χ2v) is 4.74. The molecule has 20 heavy (non-hydrogen) atoms. The number of aromatic nitrogens is 3. The molecule has 0 aliphatic heterocycles. The third-order valence-electron chi connectivity index (χ3n) is 3.46. The zero-order valence-electron chi connectivity index (χ0n) is 11.9. The molecule has 0 bridgehead atoms. The van der Waals surface area contributed by atoms with Crippen LogP contribution >= 0.6 is 0 Å². The molecule has 2 heterocycles. The first-order chi connectivity index (χ1) is 9.45. The Morgan fingerprint density at radius 1 is 1.30 bits per heavy atom. The van der Waals surface area contributed by atoms with E-state index in [1.165, 1.54) is 21.4 Å². The number of anilines is 1. The number of pyridine rings is 1. The van der Waals surface area contributed by atoms with Crippen molar-refractivity contribution in [3.8, 4) is 0 Å². The van der Waals surface area contributed by atoms with Crippen LogP contribution in [0.5, 0.6) is 0 Å². The SMILES string of the molecule is CCn1ccc(=O)n(Cc2ncc(C)c(N)c2C)c1=O.